The topological polar surface area (TPSA) is 108 Å². The van der Waals surface area contributed by atoms with E-state index in [0.29, 0.717) is 18.8 Å². The average Bonchev–Trinajstić information content (AvgIpc) is 2.86. The number of hydrogen-bond donors (Lipinski definition) is 1. The molecule has 0 bridgehead atoms. The summed E-state index contributed by atoms with van der Waals surface area (Å²) in [4.78, 5) is 27.0. The number of nitrogens with zero attached hydrogens (tertiary/aromatic N) is 5. The highest BCUT2D eigenvalue weighted by Crippen LogP contribution is 1.93. The molecule has 0 spiro atoms. The van der Waals surface area contributed by atoms with Crippen molar-refractivity contribution in [3.8, 4) is 0 Å². The first-order chi connectivity index (χ1) is 8.59. The molecule has 9 nitrogen and oxygen atoms in total. The van der Waals surface area contributed by atoms with Gasteiger partial charge in [0, 0.05) is 27.1 Å². The van der Waals surface area contributed by atoms with E-state index in [0.717, 1.165) is 9.25 Å². The van der Waals surface area contributed by atoms with Crippen molar-refractivity contribution in [3.63, 3.8) is 0 Å². The lowest BCUT2D eigenvalue weighted by molar-refractivity contribution is 0.410. The molecule has 0 saturated heterocycles. The van der Waals surface area contributed by atoms with Gasteiger partial charge in [-0.1, -0.05) is 5.16 Å². The fraction of sp³-hybridized carbons (Fsp3) is 0.444. The van der Waals surface area contributed by atoms with Crippen LogP contribution in [0.4, 0.5) is 5.82 Å². The molecule has 0 saturated carbocycles. The number of aryl methyl sites for hydroxylation is 1. The fourth-order valence-corrected chi connectivity index (χ4v) is 1.40. The molecule has 2 heterocycles. The summed E-state index contributed by atoms with van der Waals surface area (Å²) in [6.07, 6.45) is 1.73. The number of hydrogen-bond acceptors (Lipinski definition) is 7. The van der Waals surface area contributed by atoms with Crippen LogP contribution in [-0.2, 0) is 20.5 Å². The van der Waals surface area contributed by atoms with E-state index in [1.807, 2.05) is 0 Å². The normalized spacial score (nSPS) is 10.6. The summed E-state index contributed by atoms with van der Waals surface area (Å²) in [5, 5.41) is 10.3. The minimum absolute atomic E-state index is 0.114. The number of anilines is 1. The molecule has 0 amide bonds. The van der Waals surface area contributed by atoms with E-state index < -0.39 is 11.2 Å². The van der Waals surface area contributed by atoms with Gasteiger partial charge in [0.15, 0.2) is 5.82 Å². The van der Waals surface area contributed by atoms with Gasteiger partial charge in [0.25, 0.3) is 5.56 Å². The van der Waals surface area contributed by atoms with Crippen molar-refractivity contribution in [1.29, 1.82) is 0 Å². The van der Waals surface area contributed by atoms with Gasteiger partial charge in [0.05, 0.1) is 0 Å². The quantitative estimate of drug-likeness (QED) is 0.706. The molecule has 0 aliphatic rings. The molecule has 2 rings (SSSR count). The first kappa shape index (κ1) is 12.0. The lowest BCUT2D eigenvalue weighted by atomic mass is 10.4. The smallest absolute Gasteiger partial charge is 0.346 e. The van der Waals surface area contributed by atoms with Crippen LogP contribution in [0.25, 0.3) is 0 Å². The molecule has 0 aromatic carbocycles. The highest BCUT2D eigenvalue weighted by Gasteiger charge is 2.08. The van der Waals surface area contributed by atoms with Crippen LogP contribution in [0, 0.1) is 0 Å². The van der Waals surface area contributed by atoms with Crippen LogP contribution in [0.1, 0.15) is 5.82 Å². The molecule has 9 heteroatoms. The third-order valence-electron chi connectivity index (χ3n) is 2.37. The maximum atomic E-state index is 11.7. The minimum atomic E-state index is -0.469. The average molecular weight is 252 g/mol. The van der Waals surface area contributed by atoms with Crippen molar-refractivity contribution < 1.29 is 4.52 Å². The number of rotatable bonds is 4. The van der Waals surface area contributed by atoms with Crippen LogP contribution in [0.3, 0.4) is 0 Å². The van der Waals surface area contributed by atoms with Crippen LogP contribution in [0.5, 0.6) is 0 Å². The van der Waals surface area contributed by atoms with Gasteiger partial charge in [-0.05, 0) is 0 Å². The lowest BCUT2D eigenvalue weighted by Gasteiger charge is -2.06. The van der Waals surface area contributed by atoms with Crippen LogP contribution in [-0.4, -0.2) is 31.0 Å². The fourth-order valence-electron chi connectivity index (χ4n) is 1.40. The maximum absolute atomic E-state index is 11.7. The Hall–Kier alpha value is -2.45. The highest BCUT2D eigenvalue weighted by atomic mass is 16.5. The van der Waals surface area contributed by atoms with Crippen molar-refractivity contribution >= 4 is 5.82 Å². The van der Waals surface area contributed by atoms with Gasteiger partial charge < -0.3 is 9.84 Å². The van der Waals surface area contributed by atoms with Gasteiger partial charge in [0.1, 0.15) is 0 Å². The second-order valence-corrected chi connectivity index (χ2v) is 3.64. The van der Waals surface area contributed by atoms with Gasteiger partial charge in [-0.2, -0.15) is 4.98 Å². The second-order valence-electron chi connectivity index (χ2n) is 3.64. The molecule has 1 N–H and O–H groups in total. The first-order valence-corrected chi connectivity index (χ1v) is 5.23. The number of aromatic nitrogens is 5. The molecule has 0 aliphatic heterocycles. The van der Waals surface area contributed by atoms with E-state index in [2.05, 4.69) is 25.1 Å². The molecule has 96 valence electrons. The molecule has 2 aromatic rings. The van der Waals surface area contributed by atoms with Crippen LogP contribution in [0.2, 0.25) is 0 Å². The van der Waals surface area contributed by atoms with Gasteiger partial charge in [0.2, 0.25) is 12.2 Å². The summed E-state index contributed by atoms with van der Waals surface area (Å²) >= 11 is 0. The van der Waals surface area contributed by atoms with Crippen LogP contribution in [0.15, 0.2) is 20.5 Å². The molecule has 2 aromatic heterocycles. The van der Waals surface area contributed by atoms with E-state index in [9.17, 15) is 9.59 Å². The monoisotopic (exact) mass is 252 g/mol. The zero-order valence-electron chi connectivity index (χ0n) is 9.95. The molecular weight excluding hydrogens is 240 g/mol. The Labute approximate surface area is 101 Å². The lowest BCUT2D eigenvalue weighted by Crippen LogP contribution is -2.40. The van der Waals surface area contributed by atoms with Gasteiger partial charge in [-0.15, -0.1) is 5.10 Å². The summed E-state index contributed by atoms with van der Waals surface area (Å²) in [6, 6.07) is 0. The third kappa shape index (κ3) is 2.29. The SMILES string of the molecule is Cn1nc(NCCc2ncon2)c(=O)n(C)c1=O. The molecule has 0 aliphatic carbocycles. The second kappa shape index (κ2) is 4.82. The molecule has 0 fully saturated rings. The molecule has 0 radical (unpaired) electrons. The first-order valence-electron chi connectivity index (χ1n) is 5.23. The largest absolute Gasteiger partial charge is 0.364 e. The third-order valence-corrected chi connectivity index (χ3v) is 2.37. The standard InChI is InChI=1S/C9H12N6O3/c1-14-8(16)7(12-15(2)9(14)17)10-4-3-6-11-5-18-13-6/h5H,3-4H2,1-2H3,(H,10,12). The Bertz CT molecular complexity index is 641. The van der Waals surface area contributed by atoms with Crippen molar-refractivity contribution in [1.82, 2.24) is 24.5 Å². The summed E-state index contributed by atoms with van der Waals surface area (Å²) in [5.74, 6) is 0.646. The predicted molar refractivity (Wildman–Crippen MR) is 61.2 cm³/mol. The Kier molecular flexibility index (Phi) is 3.22. The van der Waals surface area contributed by atoms with Crippen LogP contribution < -0.4 is 16.6 Å². The van der Waals surface area contributed by atoms with Crippen molar-refractivity contribution in [2.45, 2.75) is 6.42 Å². The van der Waals surface area contributed by atoms with Gasteiger partial charge in [-0.25, -0.2) is 9.48 Å². The number of nitrogens with one attached hydrogen (secondary N) is 1. The zero-order valence-corrected chi connectivity index (χ0v) is 9.95. The Morgan fingerprint density at radius 3 is 2.83 bits per heavy atom. The predicted octanol–water partition coefficient (Wildman–Crippen LogP) is -1.48. The van der Waals surface area contributed by atoms with Gasteiger partial charge in [-0.3, -0.25) is 9.36 Å². The zero-order chi connectivity index (χ0) is 13.1. The Morgan fingerprint density at radius 1 is 1.39 bits per heavy atom. The van der Waals surface area contributed by atoms with E-state index in [-0.39, 0.29) is 5.82 Å². The summed E-state index contributed by atoms with van der Waals surface area (Å²) < 4.78 is 6.66. The van der Waals surface area contributed by atoms with Gasteiger partial charge >= 0.3 is 5.69 Å². The molecular formula is C9H12N6O3. The van der Waals surface area contributed by atoms with Crippen molar-refractivity contribution in [2.24, 2.45) is 14.1 Å². The van der Waals surface area contributed by atoms with Crippen LogP contribution >= 0.6 is 0 Å². The molecule has 0 unspecified atom stereocenters. The van der Waals surface area contributed by atoms with E-state index in [1.54, 1.807) is 0 Å². The molecule has 0 atom stereocenters. The Morgan fingerprint density at radius 2 is 2.17 bits per heavy atom. The van der Waals surface area contributed by atoms with E-state index >= 15 is 0 Å². The van der Waals surface area contributed by atoms with Crippen molar-refractivity contribution in [3.05, 3.63) is 33.1 Å². The van der Waals surface area contributed by atoms with E-state index in [1.165, 1.54) is 20.5 Å². The van der Waals surface area contributed by atoms with E-state index in [4.69, 9.17) is 0 Å². The maximum Gasteiger partial charge on any atom is 0.346 e. The highest BCUT2D eigenvalue weighted by molar-refractivity contribution is 5.29. The van der Waals surface area contributed by atoms with Crippen molar-refractivity contribution in [2.75, 3.05) is 11.9 Å². The summed E-state index contributed by atoms with van der Waals surface area (Å²) in [6.45, 7) is 0.417. The Balaban J connectivity index is 2.10. The minimum Gasteiger partial charge on any atom is -0.364 e. The molecule has 18 heavy (non-hydrogen) atoms. The summed E-state index contributed by atoms with van der Waals surface area (Å²) in [7, 11) is 2.88. The summed E-state index contributed by atoms with van der Waals surface area (Å²) in [5.41, 5.74) is -0.935.